The van der Waals surface area contributed by atoms with E-state index in [1.54, 1.807) is 33.8 Å². The van der Waals surface area contributed by atoms with Crippen LogP contribution in [0.25, 0.3) is 0 Å². The molecular formula is C41H66ClN3O11. The number of benzene rings is 1. The molecule has 2 aliphatic heterocycles. The summed E-state index contributed by atoms with van der Waals surface area (Å²) in [6.07, 6.45) is -5.29. The standard InChI is InChI=1S/C41H66ClN3O11/c1-12-31-41(8,50)35(47)24(4)32(44-52-21-27-15-13-14-16-29(27)42)22(2)20-40(7,51-11)36(56-38-33(46)30(45(9)10)19-23(3)53-38)25(5)34(26(6)37(48)54-31)55-39(49)43-28-17-18-28/h13-16,22-26,28,30-31,33-36,38,46-47,50H,12,17-21H2,1-11H3,(H,43,49)/b44-32-/t22-,23-,24+,25+,26-,30+,31-,33-,34+,35-,36-,38+,40-,41-/m1/s1. The predicted octanol–water partition coefficient (Wildman–Crippen LogP) is 5.07. The molecule has 4 rings (SSSR count). The minimum absolute atomic E-state index is 0.0214. The highest BCUT2D eigenvalue weighted by molar-refractivity contribution is 6.31. The summed E-state index contributed by atoms with van der Waals surface area (Å²) in [5.74, 6) is -3.89. The van der Waals surface area contributed by atoms with Crippen molar-refractivity contribution < 1.29 is 53.4 Å². The van der Waals surface area contributed by atoms with Gasteiger partial charge < -0.3 is 54.1 Å². The molecular weight excluding hydrogens is 746 g/mol. The number of oxime groups is 1. The molecule has 14 nitrogen and oxygen atoms in total. The van der Waals surface area contributed by atoms with E-state index >= 15 is 0 Å². The number of likely N-dealkylation sites (N-methyl/N-ethyl adjacent to an activating group) is 1. The molecule has 0 spiro atoms. The normalized spacial score (nSPS) is 39.8. The topological polar surface area (TPSA) is 178 Å². The van der Waals surface area contributed by atoms with E-state index in [1.807, 2.05) is 58.0 Å². The molecule has 56 heavy (non-hydrogen) atoms. The molecule has 2 saturated heterocycles. The van der Waals surface area contributed by atoms with Gasteiger partial charge in [0.25, 0.3) is 0 Å². The van der Waals surface area contributed by atoms with E-state index in [0.717, 1.165) is 12.8 Å². The first-order valence-electron chi connectivity index (χ1n) is 20.0. The van der Waals surface area contributed by atoms with E-state index in [1.165, 1.54) is 14.0 Å². The van der Waals surface area contributed by atoms with Gasteiger partial charge in [-0.3, -0.25) is 4.79 Å². The molecule has 3 fully saturated rings. The van der Waals surface area contributed by atoms with Crippen LogP contribution in [0.15, 0.2) is 29.4 Å². The molecule has 15 heteroatoms. The molecule has 1 aromatic carbocycles. The number of hydrogen-bond donors (Lipinski definition) is 4. The number of rotatable bonds is 10. The molecule has 1 aromatic rings. The van der Waals surface area contributed by atoms with Gasteiger partial charge in [-0.15, -0.1) is 0 Å². The Hall–Kier alpha value is -2.56. The van der Waals surface area contributed by atoms with Crippen LogP contribution in [0.1, 0.15) is 93.1 Å². The predicted molar refractivity (Wildman–Crippen MR) is 211 cm³/mol. The summed E-state index contributed by atoms with van der Waals surface area (Å²) in [7, 11) is 5.30. The zero-order chi connectivity index (χ0) is 41.7. The molecule has 0 aromatic heterocycles. The quantitative estimate of drug-likeness (QED) is 0.183. The average Bonchev–Trinajstić information content (AvgIpc) is 3.97. The number of nitrogens with one attached hydrogen (secondary N) is 1. The summed E-state index contributed by atoms with van der Waals surface area (Å²) in [4.78, 5) is 35.3. The first-order chi connectivity index (χ1) is 26.2. The minimum atomic E-state index is -1.94. The maximum absolute atomic E-state index is 14.1. The number of esters is 1. The fourth-order valence-electron chi connectivity index (χ4n) is 8.31. The number of carbonyl (C=O) groups excluding carboxylic acids is 2. The molecule has 1 amide bonds. The van der Waals surface area contributed by atoms with Gasteiger partial charge in [0.2, 0.25) is 0 Å². The number of amides is 1. The van der Waals surface area contributed by atoms with Crippen LogP contribution in [-0.4, -0.2) is 125 Å². The van der Waals surface area contributed by atoms with Crippen molar-refractivity contribution in [3.8, 4) is 0 Å². The number of nitrogens with zero attached hydrogens (tertiary/aromatic N) is 2. The van der Waals surface area contributed by atoms with Gasteiger partial charge in [-0.1, -0.05) is 62.7 Å². The maximum atomic E-state index is 14.1. The van der Waals surface area contributed by atoms with Crippen molar-refractivity contribution in [2.45, 2.75) is 160 Å². The van der Waals surface area contributed by atoms with Crippen molar-refractivity contribution in [1.82, 2.24) is 10.2 Å². The summed E-state index contributed by atoms with van der Waals surface area (Å²) < 4.78 is 31.6. The lowest BCUT2D eigenvalue weighted by molar-refractivity contribution is -0.301. The Balaban J connectivity index is 1.86. The highest BCUT2D eigenvalue weighted by atomic mass is 35.5. The fraction of sp³-hybridized carbons (Fsp3) is 0.780. The van der Waals surface area contributed by atoms with E-state index in [0.29, 0.717) is 22.7 Å². The van der Waals surface area contributed by atoms with Crippen molar-refractivity contribution in [1.29, 1.82) is 0 Å². The van der Waals surface area contributed by atoms with E-state index in [4.69, 9.17) is 40.1 Å². The molecule has 14 atom stereocenters. The van der Waals surface area contributed by atoms with Crippen LogP contribution in [0.2, 0.25) is 5.02 Å². The SMILES string of the molecule is CC[C@H]1OC(=O)[C@H](C)[C@@H](OC(=O)NC2CC2)[C@H](C)[C@@H](O[C@@H]2O[C@H](C)C[C@H](N(C)C)[C@H]2O)[C@](C)(OC)C[C@@H](C)/C(=N/OCc2ccccc2Cl)[C@H](C)[C@@H](O)[C@]1(C)O. The lowest BCUT2D eigenvalue weighted by Crippen LogP contribution is -2.60. The Morgan fingerprint density at radius 2 is 1.75 bits per heavy atom. The van der Waals surface area contributed by atoms with Crippen LogP contribution in [-0.2, 0) is 39.9 Å². The van der Waals surface area contributed by atoms with Crippen molar-refractivity contribution in [2.24, 2.45) is 28.8 Å². The van der Waals surface area contributed by atoms with Crippen LogP contribution < -0.4 is 5.32 Å². The average molecular weight is 812 g/mol. The summed E-state index contributed by atoms with van der Waals surface area (Å²) in [5.41, 5.74) is -2.07. The van der Waals surface area contributed by atoms with Crippen molar-refractivity contribution in [2.75, 3.05) is 21.2 Å². The van der Waals surface area contributed by atoms with Crippen molar-refractivity contribution >= 4 is 29.4 Å². The zero-order valence-electron chi connectivity index (χ0n) is 34.9. The summed E-state index contributed by atoms with van der Waals surface area (Å²) in [6, 6.07) is 6.92. The van der Waals surface area contributed by atoms with Crippen LogP contribution >= 0.6 is 11.6 Å². The molecule has 1 saturated carbocycles. The van der Waals surface area contributed by atoms with E-state index in [9.17, 15) is 24.9 Å². The number of ether oxygens (including phenoxy) is 5. The third-order valence-electron chi connectivity index (χ3n) is 12.0. The molecule has 318 valence electrons. The highest BCUT2D eigenvalue weighted by Gasteiger charge is 2.53. The number of hydrogen-bond acceptors (Lipinski definition) is 13. The number of carbonyl (C=O) groups is 2. The van der Waals surface area contributed by atoms with Gasteiger partial charge in [0, 0.05) is 47.5 Å². The highest BCUT2D eigenvalue weighted by Crippen LogP contribution is 2.40. The van der Waals surface area contributed by atoms with Crippen LogP contribution in [0, 0.1) is 23.7 Å². The molecule has 2 heterocycles. The first-order valence-corrected chi connectivity index (χ1v) is 20.3. The molecule has 1 aliphatic carbocycles. The van der Waals surface area contributed by atoms with Gasteiger partial charge in [0.15, 0.2) is 6.29 Å². The molecule has 4 N–H and O–H groups in total. The number of aliphatic hydroxyl groups is 3. The van der Waals surface area contributed by atoms with Crippen LogP contribution in [0.3, 0.4) is 0 Å². The monoisotopic (exact) mass is 811 g/mol. The minimum Gasteiger partial charge on any atom is -0.459 e. The Morgan fingerprint density at radius 3 is 2.34 bits per heavy atom. The fourth-order valence-corrected chi connectivity index (χ4v) is 8.50. The third kappa shape index (κ3) is 10.9. The van der Waals surface area contributed by atoms with Gasteiger partial charge >= 0.3 is 12.1 Å². The Morgan fingerprint density at radius 1 is 1.09 bits per heavy atom. The largest absolute Gasteiger partial charge is 0.459 e. The number of aliphatic hydroxyl groups excluding tert-OH is 2. The molecule has 0 radical (unpaired) electrons. The lowest BCUT2D eigenvalue weighted by Gasteiger charge is -2.48. The van der Waals surface area contributed by atoms with Gasteiger partial charge in [-0.2, -0.15) is 0 Å². The Kier molecular flexibility index (Phi) is 16.0. The summed E-state index contributed by atoms with van der Waals surface area (Å²) in [6.45, 7) is 14.0. The maximum Gasteiger partial charge on any atom is 0.407 e. The number of cyclic esters (lactones) is 1. The zero-order valence-corrected chi connectivity index (χ0v) is 35.7. The van der Waals surface area contributed by atoms with Crippen LogP contribution in [0.5, 0.6) is 0 Å². The number of halogens is 1. The van der Waals surface area contributed by atoms with Gasteiger partial charge in [0.05, 0.1) is 35.5 Å². The molecule has 0 unspecified atom stereocenters. The van der Waals surface area contributed by atoms with Gasteiger partial charge in [-0.25, -0.2) is 4.79 Å². The van der Waals surface area contributed by atoms with Gasteiger partial charge in [-0.05, 0) is 80.0 Å². The van der Waals surface area contributed by atoms with Crippen molar-refractivity contribution in [3.05, 3.63) is 34.9 Å². The smallest absolute Gasteiger partial charge is 0.407 e. The summed E-state index contributed by atoms with van der Waals surface area (Å²) in [5, 5.41) is 43.5. The lowest BCUT2D eigenvalue weighted by atomic mass is 9.73. The van der Waals surface area contributed by atoms with E-state index in [2.05, 4.69) is 10.5 Å². The number of alkyl carbamates (subject to hydrolysis) is 1. The molecule has 0 bridgehead atoms. The second-order valence-corrected chi connectivity index (χ2v) is 17.3. The van der Waals surface area contributed by atoms with Crippen molar-refractivity contribution in [3.63, 3.8) is 0 Å². The van der Waals surface area contributed by atoms with Gasteiger partial charge in [0.1, 0.15) is 30.5 Å². The second kappa shape index (κ2) is 19.5. The van der Waals surface area contributed by atoms with E-state index < -0.39 is 83.7 Å². The van der Waals surface area contributed by atoms with E-state index in [-0.39, 0.29) is 37.6 Å². The van der Waals surface area contributed by atoms with Crippen LogP contribution in [0.4, 0.5) is 4.79 Å². The molecule has 3 aliphatic rings. The number of methoxy groups -OCH3 is 1. The third-order valence-corrected chi connectivity index (χ3v) is 12.4. The second-order valence-electron chi connectivity index (χ2n) is 16.9. The summed E-state index contributed by atoms with van der Waals surface area (Å²) >= 11 is 6.41. The Labute approximate surface area is 337 Å². The Bertz CT molecular complexity index is 1490. The first kappa shape index (κ1) is 46.1.